The lowest BCUT2D eigenvalue weighted by Gasteiger charge is -2.09. The summed E-state index contributed by atoms with van der Waals surface area (Å²) in [6.07, 6.45) is 5.62. The number of halogens is 2. The highest BCUT2D eigenvalue weighted by molar-refractivity contribution is 7.91. The summed E-state index contributed by atoms with van der Waals surface area (Å²) in [5.41, 5.74) is -0.343. The second kappa shape index (κ2) is 6.29. The summed E-state index contributed by atoms with van der Waals surface area (Å²) in [5, 5.41) is 8.59. The quantitative estimate of drug-likeness (QED) is 0.669. The first-order valence-corrected chi connectivity index (χ1v) is 7.59. The molecule has 0 fully saturated rings. The molecular weight excluding hydrogens is 311 g/mol. The van der Waals surface area contributed by atoms with Crippen molar-refractivity contribution in [2.24, 2.45) is 0 Å². The topological polar surface area (TPSA) is 71.4 Å². The van der Waals surface area contributed by atoms with E-state index in [1.54, 1.807) is 0 Å². The van der Waals surface area contributed by atoms with E-state index in [9.17, 15) is 13.2 Å². The highest BCUT2D eigenvalue weighted by Crippen LogP contribution is 2.30. The van der Waals surface area contributed by atoms with Crippen LogP contribution in [0.5, 0.6) is 0 Å². The monoisotopic (exact) mass is 320 g/mol. The Hall–Kier alpha value is -1.22. The second-order valence-corrected chi connectivity index (χ2v) is 6.59. The standard InChI is InChI=1S/C12H10Cl2O4S/c1-2-3-4-5-19(17,18)10-7-8(13)6-9(11(10)14)12(15)16/h1,6-7H,3-5H2,(H,15,16). The number of unbranched alkanes of at least 4 members (excludes halogenated alkanes) is 1. The van der Waals surface area contributed by atoms with Gasteiger partial charge in [-0.25, -0.2) is 13.2 Å². The van der Waals surface area contributed by atoms with Crippen molar-refractivity contribution in [2.75, 3.05) is 5.75 Å². The molecule has 1 aromatic rings. The number of sulfone groups is 1. The molecular formula is C12H10Cl2O4S. The van der Waals surface area contributed by atoms with Crippen LogP contribution in [0.3, 0.4) is 0 Å². The minimum absolute atomic E-state index is 0.00248. The van der Waals surface area contributed by atoms with Gasteiger partial charge in [0.25, 0.3) is 0 Å². The zero-order chi connectivity index (χ0) is 14.6. The molecule has 0 spiro atoms. The first kappa shape index (κ1) is 15.8. The SMILES string of the molecule is C#CCCCS(=O)(=O)c1cc(Cl)cc(C(=O)O)c1Cl. The van der Waals surface area contributed by atoms with Crippen LogP contribution in [0.1, 0.15) is 23.2 Å². The summed E-state index contributed by atoms with van der Waals surface area (Å²) < 4.78 is 24.1. The fraction of sp³-hybridized carbons (Fsp3) is 0.250. The molecule has 0 aliphatic heterocycles. The van der Waals surface area contributed by atoms with Crippen molar-refractivity contribution in [1.29, 1.82) is 0 Å². The molecule has 0 aliphatic rings. The van der Waals surface area contributed by atoms with Gasteiger partial charge in [0.1, 0.15) is 0 Å². The smallest absolute Gasteiger partial charge is 0.337 e. The molecule has 0 saturated carbocycles. The van der Waals surface area contributed by atoms with Crippen molar-refractivity contribution in [1.82, 2.24) is 0 Å². The van der Waals surface area contributed by atoms with E-state index in [1.165, 1.54) is 0 Å². The van der Waals surface area contributed by atoms with Crippen molar-refractivity contribution in [2.45, 2.75) is 17.7 Å². The lowest BCUT2D eigenvalue weighted by Crippen LogP contribution is -2.10. The van der Waals surface area contributed by atoms with Gasteiger partial charge in [-0.3, -0.25) is 0 Å². The van der Waals surface area contributed by atoms with Crippen molar-refractivity contribution in [3.05, 3.63) is 27.7 Å². The maximum absolute atomic E-state index is 12.1. The molecule has 0 unspecified atom stereocenters. The molecule has 1 N–H and O–H groups in total. The largest absolute Gasteiger partial charge is 0.478 e. The molecule has 4 nitrogen and oxygen atoms in total. The van der Waals surface area contributed by atoms with E-state index in [0.29, 0.717) is 6.42 Å². The molecule has 19 heavy (non-hydrogen) atoms. The number of benzene rings is 1. The first-order chi connectivity index (χ1) is 8.79. The van der Waals surface area contributed by atoms with Gasteiger partial charge in [0, 0.05) is 11.4 Å². The zero-order valence-corrected chi connectivity index (χ0v) is 12.0. The molecule has 1 rings (SSSR count). The molecule has 0 bridgehead atoms. The molecule has 0 aliphatic carbocycles. The Morgan fingerprint density at radius 1 is 1.37 bits per heavy atom. The predicted octanol–water partition coefficient (Wildman–Crippen LogP) is 2.88. The average Bonchev–Trinajstić information content (AvgIpc) is 2.31. The third-order valence-electron chi connectivity index (χ3n) is 2.30. The van der Waals surface area contributed by atoms with Crippen LogP contribution >= 0.6 is 23.2 Å². The normalized spacial score (nSPS) is 11.0. The van der Waals surface area contributed by atoms with E-state index in [4.69, 9.17) is 34.7 Å². The van der Waals surface area contributed by atoms with Crippen molar-refractivity contribution in [3.63, 3.8) is 0 Å². The van der Waals surface area contributed by atoms with Crippen molar-refractivity contribution < 1.29 is 18.3 Å². The molecule has 0 saturated heterocycles. The molecule has 1 aromatic carbocycles. The second-order valence-electron chi connectivity index (χ2n) is 3.70. The van der Waals surface area contributed by atoms with E-state index < -0.39 is 15.8 Å². The van der Waals surface area contributed by atoms with Gasteiger partial charge in [-0.05, 0) is 18.6 Å². The number of hydrogen-bond donors (Lipinski definition) is 1. The summed E-state index contributed by atoms with van der Waals surface area (Å²) in [5.74, 6) is 0.778. The van der Waals surface area contributed by atoms with Gasteiger partial charge in [0.15, 0.2) is 9.84 Å². The van der Waals surface area contributed by atoms with E-state index in [1.807, 2.05) is 0 Å². The minimum Gasteiger partial charge on any atom is -0.478 e. The third kappa shape index (κ3) is 3.87. The number of carboxylic acids is 1. The minimum atomic E-state index is -3.72. The highest BCUT2D eigenvalue weighted by Gasteiger charge is 2.23. The van der Waals surface area contributed by atoms with Gasteiger partial charge in [0.2, 0.25) is 0 Å². The lowest BCUT2D eigenvalue weighted by atomic mass is 10.2. The number of terminal acetylenes is 1. The van der Waals surface area contributed by atoms with E-state index in [-0.39, 0.29) is 32.7 Å². The molecule has 0 amide bonds. The maximum Gasteiger partial charge on any atom is 0.337 e. The van der Waals surface area contributed by atoms with E-state index in [0.717, 1.165) is 12.1 Å². The maximum atomic E-state index is 12.1. The highest BCUT2D eigenvalue weighted by atomic mass is 35.5. The Morgan fingerprint density at radius 2 is 2.00 bits per heavy atom. The van der Waals surface area contributed by atoms with Crippen LogP contribution in [-0.4, -0.2) is 25.2 Å². The predicted molar refractivity (Wildman–Crippen MR) is 73.5 cm³/mol. The third-order valence-corrected chi connectivity index (χ3v) is 4.86. The van der Waals surface area contributed by atoms with E-state index >= 15 is 0 Å². The zero-order valence-electron chi connectivity index (χ0n) is 9.69. The van der Waals surface area contributed by atoms with Crippen molar-refractivity contribution in [3.8, 4) is 12.3 Å². The summed E-state index contributed by atoms with van der Waals surface area (Å²) in [6.45, 7) is 0. The van der Waals surface area contributed by atoms with Crippen LogP contribution < -0.4 is 0 Å². The Balaban J connectivity index is 3.27. The molecule has 0 radical (unpaired) electrons. The van der Waals surface area contributed by atoms with Gasteiger partial charge in [-0.15, -0.1) is 12.3 Å². The summed E-state index contributed by atoms with van der Waals surface area (Å²) in [6, 6.07) is 2.24. The number of hydrogen-bond acceptors (Lipinski definition) is 3. The first-order valence-electron chi connectivity index (χ1n) is 5.18. The number of carboxylic acid groups (broad SMARTS) is 1. The Kier molecular flexibility index (Phi) is 5.24. The fourth-order valence-corrected chi connectivity index (χ4v) is 3.68. The summed E-state index contributed by atoms with van der Waals surface area (Å²) >= 11 is 11.5. The average molecular weight is 321 g/mol. The molecule has 7 heteroatoms. The fourth-order valence-electron chi connectivity index (χ4n) is 1.42. The van der Waals surface area contributed by atoms with Crippen LogP contribution in [0.15, 0.2) is 17.0 Å². The number of aromatic carboxylic acids is 1. The van der Waals surface area contributed by atoms with Crippen LogP contribution in [0.2, 0.25) is 10.0 Å². The van der Waals surface area contributed by atoms with Crippen LogP contribution in [0.4, 0.5) is 0 Å². The Labute approximate surface area is 121 Å². The van der Waals surface area contributed by atoms with Gasteiger partial charge in [-0.1, -0.05) is 23.2 Å². The van der Waals surface area contributed by atoms with Crippen LogP contribution in [0.25, 0.3) is 0 Å². The molecule has 0 heterocycles. The molecule has 0 atom stereocenters. The number of carbonyl (C=O) groups is 1. The van der Waals surface area contributed by atoms with Crippen LogP contribution in [-0.2, 0) is 9.84 Å². The van der Waals surface area contributed by atoms with Crippen molar-refractivity contribution >= 4 is 39.0 Å². The molecule has 0 aromatic heterocycles. The number of rotatable bonds is 5. The Morgan fingerprint density at radius 3 is 2.53 bits per heavy atom. The summed E-state index contributed by atoms with van der Waals surface area (Å²) in [7, 11) is -3.72. The molecule has 102 valence electrons. The van der Waals surface area contributed by atoms with E-state index in [2.05, 4.69) is 5.92 Å². The van der Waals surface area contributed by atoms with Gasteiger partial charge in [-0.2, -0.15) is 0 Å². The Bertz CT molecular complexity index is 644. The van der Waals surface area contributed by atoms with Gasteiger partial charge in [0.05, 0.1) is 21.2 Å². The lowest BCUT2D eigenvalue weighted by molar-refractivity contribution is 0.0697. The van der Waals surface area contributed by atoms with Gasteiger partial charge >= 0.3 is 5.97 Å². The summed E-state index contributed by atoms with van der Waals surface area (Å²) in [4.78, 5) is 10.7. The van der Waals surface area contributed by atoms with Crippen LogP contribution in [0, 0.1) is 12.3 Å². The van der Waals surface area contributed by atoms with Gasteiger partial charge < -0.3 is 5.11 Å².